The molecule has 0 spiro atoms. The lowest BCUT2D eigenvalue weighted by atomic mass is 10.1. The summed E-state index contributed by atoms with van der Waals surface area (Å²) in [7, 11) is 0. The van der Waals surface area contributed by atoms with Gasteiger partial charge in [0.2, 0.25) is 0 Å². The van der Waals surface area contributed by atoms with E-state index in [0.717, 1.165) is 5.56 Å². The molecule has 0 aromatic heterocycles. The number of fused-ring (bicyclic) bond motifs is 2. The molecule has 1 aliphatic heterocycles. The van der Waals surface area contributed by atoms with Crippen LogP contribution in [0.5, 0.6) is 0 Å². The molecule has 0 fully saturated rings. The number of nitroso groups, excluding NO2 is 1. The Hall–Kier alpha value is -2.49. The minimum absolute atomic E-state index is 0.338. The first kappa shape index (κ1) is 10.7. The van der Waals surface area contributed by atoms with Crippen LogP contribution in [0.2, 0.25) is 0 Å². The Balaban J connectivity index is 2.28. The quantitative estimate of drug-likeness (QED) is 0.702. The highest BCUT2D eigenvalue weighted by molar-refractivity contribution is 5.88. The van der Waals surface area contributed by atoms with Gasteiger partial charge in [0.05, 0.1) is 16.7 Å². The van der Waals surface area contributed by atoms with Crippen LogP contribution in [0.15, 0.2) is 47.8 Å². The molecule has 88 valence electrons. The predicted octanol–water partition coefficient (Wildman–Crippen LogP) is 4.13. The standard InChI is InChI=1S/C14H9FN2O/c15-12-7-8-14-11(9-12)6-5-10-3-1-2-4-13(10)17(14)16-18/h1-9H. The van der Waals surface area contributed by atoms with Gasteiger partial charge in [-0.2, -0.15) is 5.01 Å². The average Bonchev–Trinajstić information content (AvgIpc) is 2.55. The molecule has 2 aromatic carbocycles. The molecule has 0 saturated carbocycles. The molecule has 3 nitrogen and oxygen atoms in total. The van der Waals surface area contributed by atoms with Crippen molar-refractivity contribution in [2.45, 2.75) is 0 Å². The normalized spacial score (nSPS) is 12.6. The van der Waals surface area contributed by atoms with Crippen molar-refractivity contribution in [2.24, 2.45) is 5.29 Å². The van der Waals surface area contributed by atoms with Crippen molar-refractivity contribution in [3.8, 4) is 0 Å². The van der Waals surface area contributed by atoms with Crippen molar-refractivity contribution in [1.82, 2.24) is 0 Å². The second-order valence-corrected chi connectivity index (χ2v) is 3.99. The van der Waals surface area contributed by atoms with Gasteiger partial charge in [-0.25, -0.2) is 4.39 Å². The van der Waals surface area contributed by atoms with E-state index in [1.807, 2.05) is 24.3 Å². The van der Waals surface area contributed by atoms with Crippen LogP contribution in [0.3, 0.4) is 0 Å². The summed E-state index contributed by atoms with van der Waals surface area (Å²) in [6, 6.07) is 11.7. The van der Waals surface area contributed by atoms with Gasteiger partial charge in [0.25, 0.3) is 0 Å². The lowest BCUT2D eigenvalue weighted by Crippen LogP contribution is -2.09. The van der Waals surface area contributed by atoms with Gasteiger partial charge in [0.1, 0.15) is 5.82 Å². The molecule has 1 heterocycles. The number of benzene rings is 2. The molecule has 2 aromatic rings. The Kier molecular flexibility index (Phi) is 2.41. The molecule has 18 heavy (non-hydrogen) atoms. The zero-order chi connectivity index (χ0) is 12.5. The van der Waals surface area contributed by atoms with Gasteiger partial charge in [-0.1, -0.05) is 30.4 Å². The monoisotopic (exact) mass is 240 g/mol. The van der Waals surface area contributed by atoms with Crippen molar-refractivity contribution in [2.75, 3.05) is 5.01 Å². The number of anilines is 2. The van der Waals surface area contributed by atoms with Crippen molar-refractivity contribution in [3.63, 3.8) is 0 Å². The molecular formula is C14H9FN2O. The fourth-order valence-corrected chi connectivity index (χ4v) is 2.07. The van der Waals surface area contributed by atoms with E-state index in [0.29, 0.717) is 16.9 Å². The number of nitrogens with zero attached hydrogens (tertiary/aromatic N) is 2. The Bertz CT molecular complexity index is 652. The summed E-state index contributed by atoms with van der Waals surface area (Å²) in [5.74, 6) is -0.338. The van der Waals surface area contributed by atoms with Gasteiger partial charge in [0.15, 0.2) is 0 Å². The van der Waals surface area contributed by atoms with E-state index in [1.54, 1.807) is 18.2 Å². The highest BCUT2D eigenvalue weighted by Gasteiger charge is 2.18. The molecular weight excluding hydrogens is 231 g/mol. The van der Waals surface area contributed by atoms with Crippen LogP contribution in [0.1, 0.15) is 11.1 Å². The van der Waals surface area contributed by atoms with Crippen LogP contribution in [0, 0.1) is 10.7 Å². The molecule has 0 amide bonds. The second-order valence-electron chi connectivity index (χ2n) is 3.99. The lowest BCUT2D eigenvalue weighted by Gasteiger charge is -2.17. The lowest BCUT2D eigenvalue weighted by molar-refractivity contribution is 0.627. The Morgan fingerprint density at radius 2 is 1.67 bits per heavy atom. The maximum absolute atomic E-state index is 13.2. The topological polar surface area (TPSA) is 32.7 Å². The van der Waals surface area contributed by atoms with E-state index in [4.69, 9.17) is 0 Å². The summed E-state index contributed by atoms with van der Waals surface area (Å²) in [6.45, 7) is 0. The summed E-state index contributed by atoms with van der Waals surface area (Å²) in [5, 5.41) is 4.32. The van der Waals surface area contributed by atoms with E-state index in [9.17, 15) is 9.30 Å². The summed E-state index contributed by atoms with van der Waals surface area (Å²) in [4.78, 5) is 11.1. The highest BCUT2D eigenvalue weighted by atomic mass is 19.1. The Morgan fingerprint density at radius 3 is 2.50 bits per heavy atom. The molecule has 4 heteroatoms. The molecule has 0 N–H and O–H groups in total. The van der Waals surface area contributed by atoms with Crippen LogP contribution in [0.4, 0.5) is 15.8 Å². The highest BCUT2D eigenvalue weighted by Crippen LogP contribution is 2.36. The first-order valence-electron chi connectivity index (χ1n) is 5.49. The summed E-state index contributed by atoms with van der Waals surface area (Å²) >= 11 is 0. The van der Waals surface area contributed by atoms with Crippen molar-refractivity contribution >= 4 is 23.5 Å². The fraction of sp³-hybridized carbons (Fsp3) is 0. The van der Waals surface area contributed by atoms with Gasteiger partial charge in [-0.05, 0) is 24.3 Å². The number of hydrogen-bond acceptors (Lipinski definition) is 2. The smallest absolute Gasteiger partial charge is 0.123 e. The number of para-hydroxylation sites is 1. The van der Waals surface area contributed by atoms with Gasteiger partial charge >= 0.3 is 0 Å². The molecule has 0 radical (unpaired) electrons. The van der Waals surface area contributed by atoms with Gasteiger partial charge in [-0.3, -0.25) is 0 Å². The van der Waals surface area contributed by atoms with Crippen LogP contribution < -0.4 is 5.01 Å². The number of halogens is 1. The number of rotatable bonds is 1. The van der Waals surface area contributed by atoms with E-state index in [2.05, 4.69) is 5.29 Å². The molecule has 1 aliphatic rings. The van der Waals surface area contributed by atoms with Crippen molar-refractivity contribution < 1.29 is 4.39 Å². The average molecular weight is 240 g/mol. The summed E-state index contributed by atoms with van der Waals surface area (Å²) < 4.78 is 13.2. The predicted molar refractivity (Wildman–Crippen MR) is 69.7 cm³/mol. The zero-order valence-electron chi connectivity index (χ0n) is 9.38. The molecule has 0 atom stereocenters. The summed E-state index contributed by atoms with van der Waals surface area (Å²) in [5.41, 5.74) is 2.77. The second kappa shape index (κ2) is 4.07. The van der Waals surface area contributed by atoms with Crippen molar-refractivity contribution in [3.05, 3.63) is 64.3 Å². The molecule has 0 aliphatic carbocycles. The zero-order valence-corrected chi connectivity index (χ0v) is 9.38. The maximum Gasteiger partial charge on any atom is 0.123 e. The first-order chi connectivity index (χ1) is 8.79. The fourth-order valence-electron chi connectivity index (χ4n) is 2.07. The van der Waals surface area contributed by atoms with Gasteiger partial charge < -0.3 is 0 Å². The third-order valence-electron chi connectivity index (χ3n) is 2.91. The van der Waals surface area contributed by atoms with Crippen LogP contribution in [0.25, 0.3) is 12.2 Å². The minimum Gasteiger partial charge on any atom is -0.207 e. The van der Waals surface area contributed by atoms with Crippen LogP contribution in [-0.2, 0) is 0 Å². The first-order valence-corrected chi connectivity index (χ1v) is 5.49. The largest absolute Gasteiger partial charge is 0.207 e. The molecule has 0 unspecified atom stereocenters. The third-order valence-corrected chi connectivity index (χ3v) is 2.91. The summed E-state index contributed by atoms with van der Waals surface area (Å²) in [6.07, 6.45) is 3.63. The van der Waals surface area contributed by atoms with Gasteiger partial charge in [0, 0.05) is 11.1 Å². The Morgan fingerprint density at radius 1 is 0.944 bits per heavy atom. The van der Waals surface area contributed by atoms with E-state index >= 15 is 0 Å². The van der Waals surface area contributed by atoms with E-state index in [1.165, 1.54) is 17.1 Å². The SMILES string of the molecule is O=NN1c2ccccc2C=Cc2cc(F)ccc21. The van der Waals surface area contributed by atoms with Crippen LogP contribution in [-0.4, -0.2) is 0 Å². The molecule has 3 rings (SSSR count). The van der Waals surface area contributed by atoms with Crippen molar-refractivity contribution in [1.29, 1.82) is 0 Å². The van der Waals surface area contributed by atoms with E-state index in [-0.39, 0.29) is 5.82 Å². The third kappa shape index (κ3) is 1.59. The number of hydrogen-bond donors (Lipinski definition) is 0. The van der Waals surface area contributed by atoms with Gasteiger partial charge in [-0.15, -0.1) is 4.91 Å². The Labute approximate surface area is 103 Å². The minimum atomic E-state index is -0.338. The molecule has 0 bridgehead atoms. The van der Waals surface area contributed by atoms with Crippen LogP contribution >= 0.6 is 0 Å². The molecule has 0 saturated heterocycles. The maximum atomic E-state index is 13.2. The van der Waals surface area contributed by atoms with E-state index < -0.39 is 0 Å².